The van der Waals surface area contributed by atoms with Crippen molar-refractivity contribution in [2.45, 2.75) is 46.6 Å². The lowest BCUT2D eigenvalue weighted by molar-refractivity contribution is -0.125. The van der Waals surface area contributed by atoms with E-state index < -0.39 is 0 Å². The highest BCUT2D eigenvalue weighted by atomic mass is 32.1. The predicted octanol–water partition coefficient (Wildman–Crippen LogP) is 2.72. The number of nitrogens with two attached hydrogens (primary N) is 1. The maximum absolute atomic E-state index is 12.1. The summed E-state index contributed by atoms with van der Waals surface area (Å²) in [5.74, 6) is 0.527. The molecular weight excluding hydrogens is 256 g/mol. The monoisotopic (exact) mass is 282 g/mol. The molecule has 2 unspecified atom stereocenters. The third-order valence-corrected chi connectivity index (χ3v) is 4.13. The van der Waals surface area contributed by atoms with Crippen molar-refractivity contribution in [3.63, 3.8) is 0 Å². The largest absolute Gasteiger partial charge is 0.353 e. The molecule has 3 nitrogen and oxygen atoms in total. The standard InChI is InChI=1S/C15H26N2OS/c1-10(2)7-13(9-16)15(18)17-11(3)8-14-6-5-12(4)19-14/h5-6,10-11,13H,7-9,16H2,1-4H3,(H,17,18). The molecule has 0 aliphatic rings. The van der Waals surface area contributed by atoms with Gasteiger partial charge in [-0.15, -0.1) is 11.3 Å². The quantitative estimate of drug-likeness (QED) is 0.808. The van der Waals surface area contributed by atoms with E-state index >= 15 is 0 Å². The molecule has 2 atom stereocenters. The fraction of sp³-hybridized carbons (Fsp3) is 0.667. The van der Waals surface area contributed by atoms with Crippen molar-refractivity contribution >= 4 is 17.2 Å². The first kappa shape index (κ1) is 16.2. The second-order valence-electron chi connectivity index (χ2n) is 5.69. The van der Waals surface area contributed by atoms with Crippen LogP contribution in [0.2, 0.25) is 0 Å². The summed E-state index contributed by atoms with van der Waals surface area (Å²) >= 11 is 1.79. The highest BCUT2D eigenvalue weighted by Gasteiger charge is 2.19. The molecule has 1 aromatic heterocycles. The summed E-state index contributed by atoms with van der Waals surface area (Å²) in [6, 6.07) is 4.42. The lowest BCUT2D eigenvalue weighted by atomic mass is 9.96. The summed E-state index contributed by atoms with van der Waals surface area (Å²) in [5, 5.41) is 3.08. The van der Waals surface area contributed by atoms with E-state index in [1.807, 2.05) is 0 Å². The topological polar surface area (TPSA) is 55.1 Å². The van der Waals surface area contributed by atoms with Gasteiger partial charge in [-0.25, -0.2) is 0 Å². The van der Waals surface area contributed by atoms with Crippen LogP contribution in [-0.2, 0) is 11.2 Å². The van der Waals surface area contributed by atoms with Crippen molar-refractivity contribution in [2.75, 3.05) is 6.54 Å². The lowest BCUT2D eigenvalue weighted by Gasteiger charge is -2.20. The van der Waals surface area contributed by atoms with Gasteiger partial charge in [-0.2, -0.15) is 0 Å². The molecule has 3 N–H and O–H groups in total. The Morgan fingerprint density at radius 3 is 2.53 bits per heavy atom. The lowest BCUT2D eigenvalue weighted by Crippen LogP contribution is -2.41. The second-order valence-corrected chi connectivity index (χ2v) is 7.06. The van der Waals surface area contributed by atoms with Crippen LogP contribution in [0.3, 0.4) is 0 Å². The minimum Gasteiger partial charge on any atom is -0.353 e. The Hall–Kier alpha value is -0.870. The van der Waals surface area contributed by atoms with Gasteiger partial charge in [-0.1, -0.05) is 13.8 Å². The van der Waals surface area contributed by atoms with Crippen LogP contribution < -0.4 is 11.1 Å². The van der Waals surface area contributed by atoms with Gasteiger partial charge < -0.3 is 11.1 Å². The highest BCUT2D eigenvalue weighted by Crippen LogP contribution is 2.17. The SMILES string of the molecule is Cc1ccc(CC(C)NC(=O)C(CN)CC(C)C)s1. The van der Waals surface area contributed by atoms with Crippen molar-refractivity contribution < 1.29 is 4.79 Å². The van der Waals surface area contributed by atoms with E-state index in [2.05, 4.69) is 45.1 Å². The number of nitrogens with one attached hydrogen (secondary N) is 1. The molecule has 1 heterocycles. The number of thiophene rings is 1. The van der Waals surface area contributed by atoms with Crippen LogP contribution in [0.4, 0.5) is 0 Å². The Kier molecular flexibility index (Phi) is 6.52. The Bertz CT molecular complexity index is 401. The van der Waals surface area contributed by atoms with Crippen LogP contribution in [0, 0.1) is 18.8 Å². The van der Waals surface area contributed by atoms with E-state index in [9.17, 15) is 4.79 Å². The summed E-state index contributed by atoms with van der Waals surface area (Å²) in [5.41, 5.74) is 5.69. The molecule has 0 aliphatic carbocycles. The van der Waals surface area contributed by atoms with Crippen LogP contribution >= 0.6 is 11.3 Å². The average molecular weight is 282 g/mol. The van der Waals surface area contributed by atoms with Crippen molar-refractivity contribution in [1.29, 1.82) is 0 Å². The Balaban J connectivity index is 2.46. The number of hydrogen-bond donors (Lipinski definition) is 2. The Morgan fingerprint density at radius 2 is 2.05 bits per heavy atom. The van der Waals surface area contributed by atoms with Crippen LogP contribution in [0.25, 0.3) is 0 Å². The molecule has 0 saturated heterocycles. The molecule has 0 aromatic carbocycles. The average Bonchev–Trinajstić information content (AvgIpc) is 2.70. The first-order valence-electron chi connectivity index (χ1n) is 6.98. The molecule has 0 bridgehead atoms. The summed E-state index contributed by atoms with van der Waals surface area (Å²) < 4.78 is 0. The molecule has 19 heavy (non-hydrogen) atoms. The van der Waals surface area contributed by atoms with E-state index in [1.54, 1.807) is 11.3 Å². The summed E-state index contributed by atoms with van der Waals surface area (Å²) in [6.07, 6.45) is 1.75. The number of aryl methyl sites for hydroxylation is 1. The Morgan fingerprint density at radius 1 is 1.37 bits per heavy atom. The number of carbonyl (C=O) groups is 1. The maximum atomic E-state index is 12.1. The molecule has 0 fully saturated rings. The fourth-order valence-corrected chi connectivity index (χ4v) is 3.21. The van der Waals surface area contributed by atoms with Crippen molar-refractivity contribution in [3.8, 4) is 0 Å². The zero-order valence-corrected chi connectivity index (χ0v) is 13.2. The van der Waals surface area contributed by atoms with Gasteiger partial charge in [0.2, 0.25) is 5.91 Å². The van der Waals surface area contributed by atoms with E-state index in [4.69, 9.17) is 5.73 Å². The normalized spacial score (nSPS) is 14.4. The maximum Gasteiger partial charge on any atom is 0.224 e. The highest BCUT2D eigenvalue weighted by molar-refractivity contribution is 7.11. The van der Waals surface area contributed by atoms with Gasteiger partial charge in [0.1, 0.15) is 0 Å². The van der Waals surface area contributed by atoms with Crippen LogP contribution in [0.5, 0.6) is 0 Å². The summed E-state index contributed by atoms with van der Waals surface area (Å²) in [7, 11) is 0. The molecule has 0 spiro atoms. The third kappa shape index (κ3) is 5.74. The smallest absolute Gasteiger partial charge is 0.224 e. The van der Waals surface area contributed by atoms with Gasteiger partial charge in [0.05, 0.1) is 5.92 Å². The van der Waals surface area contributed by atoms with Gasteiger partial charge >= 0.3 is 0 Å². The minimum absolute atomic E-state index is 0.0625. The van der Waals surface area contributed by atoms with Crippen molar-refractivity contribution in [1.82, 2.24) is 5.32 Å². The van der Waals surface area contributed by atoms with Gasteiger partial charge in [-0.05, 0) is 38.3 Å². The molecule has 1 aromatic rings. The first-order chi connectivity index (χ1) is 8.92. The first-order valence-corrected chi connectivity index (χ1v) is 7.79. The van der Waals surface area contributed by atoms with Crippen LogP contribution in [0.15, 0.2) is 12.1 Å². The molecule has 0 aliphatic heterocycles. The minimum atomic E-state index is -0.0625. The van der Waals surface area contributed by atoms with Gasteiger partial charge in [0.15, 0.2) is 0 Å². The zero-order chi connectivity index (χ0) is 14.4. The molecule has 0 saturated carbocycles. The number of rotatable bonds is 7. The fourth-order valence-electron chi connectivity index (χ4n) is 2.19. The van der Waals surface area contributed by atoms with E-state index in [-0.39, 0.29) is 17.9 Å². The summed E-state index contributed by atoms with van der Waals surface area (Å²) in [6.45, 7) is 8.82. The molecule has 1 rings (SSSR count). The molecule has 0 radical (unpaired) electrons. The number of hydrogen-bond acceptors (Lipinski definition) is 3. The van der Waals surface area contributed by atoms with E-state index in [0.717, 1.165) is 12.8 Å². The molecule has 1 amide bonds. The van der Waals surface area contributed by atoms with Crippen molar-refractivity contribution in [3.05, 3.63) is 21.9 Å². The predicted molar refractivity (Wildman–Crippen MR) is 82.4 cm³/mol. The van der Waals surface area contributed by atoms with Gasteiger partial charge in [-0.3, -0.25) is 4.79 Å². The van der Waals surface area contributed by atoms with Gasteiger partial charge in [0.25, 0.3) is 0 Å². The summed E-state index contributed by atoms with van der Waals surface area (Å²) in [4.78, 5) is 14.8. The van der Waals surface area contributed by atoms with Crippen molar-refractivity contribution in [2.24, 2.45) is 17.6 Å². The molecule has 108 valence electrons. The van der Waals surface area contributed by atoms with E-state index in [1.165, 1.54) is 9.75 Å². The zero-order valence-electron chi connectivity index (χ0n) is 12.4. The van der Waals surface area contributed by atoms with Crippen LogP contribution in [0.1, 0.15) is 36.9 Å². The third-order valence-electron chi connectivity index (χ3n) is 3.10. The Labute approximate surface area is 120 Å². The molecule has 4 heteroatoms. The molecular formula is C15H26N2OS. The number of amides is 1. The number of carbonyl (C=O) groups excluding carboxylic acids is 1. The van der Waals surface area contributed by atoms with E-state index in [0.29, 0.717) is 12.5 Å². The van der Waals surface area contributed by atoms with Gasteiger partial charge in [0, 0.05) is 28.8 Å². The second kappa shape index (κ2) is 7.65. The van der Waals surface area contributed by atoms with Crippen LogP contribution in [-0.4, -0.2) is 18.5 Å².